The second-order valence-corrected chi connectivity index (χ2v) is 5.36. The molecule has 0 saturated carbocycles. The van der Waals surface area contributed by atoms with Crippen LogP contribution in [-0.2, 0) is 9.47 Å². The molecule has 1 amide bonds. The minimum atomic E-state index is -0.114. The average molecular weight is 316 g/mol. The standard InChI is InChI=1S/C16H20N4O3/c1-2-23-15-9-22-7-6-14(15)19-16(21)12-4-3-5-13(8-12)20-10-17-18-11-20/h3-5,8,10-11,14-15H,2,6-7,9H2,1H3,(H,19,21)/t14-,15-/m1/s1. The number of hydrogen-bond donors (Lipinski definition) is 1. The average Bonchev–Trinajstić information content (AvgIpc) is 3.11. The Morgan fingerprint density at radius 1 is 1.43 bits per heavy atom. The van der Waals surface area contributed by atoms with Crippen LogP contribution in [0.4, 0.5) is 0 Å². The van der Waals surface area contributed by atoms with E-state index in [1.807, 2.05) is 25.1 Å². The van der Waals surface area contributed by atoms with Gasteiger partial charge in [-0.3, -0.25) is 9.36 Å². The van der Waals surface area contributed by atoms with E-state index in [0.29, 0.717) is 25.4 Å². The molecule has 1 aliphatic heterocycles. The Morgan fingerprint density at radius 3 is 3.04 bits per heavy atom. The van der Waals surface area contributed by atoms with Crippen LogP contribution in [0.15, 0.2) is 36.9 Å². The van der Waals surface area contributed by atoms with Crippen molar-refractivity contribution in [2.45, 2.75) is 25.5 Å². The molecule has 0 spiro atoms. The minimum absolute atomic E-state index is 0.0326. The van der Waals surface area contributed by atoms with E-state index in [4.69, 9.17) is 9.47 Å². The molecular weight excluding hydrogens is 296 g/mol. The first-order chi connectivity index (χ1) is 11.3. The van der Waals surface area contributed by atoms with Crippen molar-refractivity contribution in [3.05, 3.63) is 42.5 Å². The van der Waals surface area contributed by atoms with Gasteiger partial charge in [-0.1, -0.05) is 6.07 Å². The number of hydrogen-bond acceptors (Lipinski definition) is 5. The molecule has 7 nitrogen and oxygen atoms in total. The van der Waals surface area contributed by atoms with Gasteiger partial charge in [0.05, 0.1) is 12.6 Å². The highest BCUT2D eigenvalue weighted by molar-refractivity contribution is 5.95. The van der Waals surface area contributed by atoms with Gasteiger partial charge in [0.15, 0.2) is 0 Å². The normalized spacial score (nSPS) is 21.1. The number of benzene rings is 1. The maximum Gasteiger partial charge on any atom is 0.251 e. The third kappa shape index (κ3) is 3.75. The lowest BCUT2D eigenvalue weighted by molar-refractivity contribution is -0.0632. The Morgan fingerprint density at radius 2 is 2.26 bits per heavy atom. The third-order valence-electron chi connectivity index (χ3n) is 3.83. The van der Waals surface area contributed by atoms with E-state index in [2.05, 4.69) is 15.5 Å². The number of carbonyl (C=O) groups excluding carboxylic acids is 1. The summed E-state index contributed by atoms with van der Waals surface area (Å²) in [6.07, 6.45) is 3.85. The molecular formula is C16H20N4O3. The molecule has 2 aromatic rings. The summed E-state index contributed by atoms with van der Waals surface area (Å²) in [7, 11) is 0. The van der Waals surface area contributed by atoms with Crippen molar-refractivity contribution >= 4 is 5.91 Å². The van der Waals surface area contributed by atoms with Crippen LogP contribution in [0.1, 0.15) is 23.7 Å². The van der Waals surface area contributed by atoms with Gasteiger partial charge in [0.25, 0.3) is 5.91 Å². The van der Waals surface area contributed by atoms with Crippen LogP contribution in [-0.4, -0.2) is 52.6 Å². The van der Waals surface area contributed by atoms with Gasteiger partial charge in [0.1, 0.15) is 18.8 Å². The molecule has 1 aromatic carbocycles. The molecule has 0 radical (unpaired) electrons. The molecule has 1 fully saturated rings. The summed E-state index contributed by atoms with van der Waals surface area (Å²) >= 11 is 0. The zero-order chi connectivity index (χ0) is 16.1. The van der Waals surface area contributed by atoms with Crippen LogP contribution in [0.25, 0.3) is 5.69 Å². The van der Waals surface area contributed by atoms with Crippen LogP contribution in [0.2, 0.25) is 0 Å². The number of carbonyl (C=O) groups is 1. The van der Waals surface area contributed by atoms with Crippen molar-refractivity contribution in [3.63, 3.8) is 0 Å². The topological polar surface area (TPSA) is 78.3 Å². The zero-order valence-electron chi connectivity index (χ0n) is 13.0. The van der Waals surface area contributed by atoms with E-state index in [-0.39, 0.29) is 18.1 Å². The lowest BCUT2D eigenvalue weighted by atomic mass is 10.0. The molecule has 1 saturated heterocycles. The van der Waals surface area contributed by atoms with E-state index in [1.54, 1.807) is 23.3 Å². The van der Waals surface area contributed by atoms with Crippen LogP contribution in [0.5, 0.6) is 0 Å². The minimum Gasteiger partial charge on any atom is -0.379 e. The van der Waals surface area contributed by atoms with Crippen molar-refractivity contribution in [3.8, 4) is 5.69 Å². The highest BCUT2D eigenvalue weighted by atomic mass is 16.5. The molecule has 2 heterocycles. The van der Waals surface area contributed by atoms with Crippen molar-refractivity contribution in [2.24, 2.45) is 0 Å². The van der Waals surface area contributed by atoms with E-state index in [1.165, 1.54) is 0 Å². The molecule has 1 aromatic heterocycles. The Balaban J connectivity index is 1.71. The molecule has 1 N–H and O–H groups in total. The van der Waals surface area contributed by atoms with Crippen molar-refractivity contribution in [1.29, 1.82) is 0 Å². The fourth-order valence-electron chi connectivity index (χ4n) is 2.65. The molecule has 3 rings (SSSR count). The first kappa shape index (κ1) is 15.6. The van der Waals surface area contributed by atoms with Crippen LogP contribution < -0.4 is 5.32 Å². The summed E-state index contributed by atoms with van der Waals surface area (Å²) < 4.78 is 12.8. The Kier molecular flexibility index (Phi) is 4.99. The fraction of sp³-hybridized carbons (Fsp3) is 0.438. The smallest absolute Gasteiger partial charge is 0.251 e. The lowest BCUT2D eigenvalue weighted by Crippen LogP contribution is -2.50. The summed E-state index contributed by atoms with van der Waals surface area (Å²) in [5.41, 5.74) is 1.44. The molecule has 7 heteroatoms. The molecule has 23 heavy (non-hydrogen) atoms. The summed E-state index contributed by atoms with van der Waals surface area (Å²) in [6, 6.07) is 7.31. The highest BCUT2D eigenvalue weighted by Crippen LogP contribution is 2.14. The fourth-order valence-corrected chi connectivity index (χ4v) is 2.65. The van der Waals surface area contributed by atoms with Gasteiger partial charge in [0.2, 0.25) is 0 Å². The second-order valence-electron chi connectivity index (χ2n) is 5.36. The van der Waals surface area contributed by atoms with Gasteiger partial charge >= 0.3 is 0 Å². The highest BCUT2D eigenvalue weighted by Gasteiger charge is 2.27. The first-order valence-corrected chi connectivity index (χ1v) is 7.73. The summed E-state index contributed by atoms with van der Waals surface area (Å²) in [6.45, 7) is 3.69. The molecule has 0 bridgehead atoms. The third-order valence-corrected chi connectivity index (χ3v) is 3.83. The summed E-state index contributed by atoms with van der Waals surface area (Å²) in [5.74, 6) is -0.114. The largest absolute Gasteiger partial charge is 0.379 e. The Bertz CT molecular complexity index is 643. The Hall–Kier alpha value is -2.25. The van der Waals surface area contributed by atoms with Crippen molar-refractivity contribution in [2.75, 3.05) is 19.8 Å². The molecule has 0 aliphatic carbocycles. The van der Waals surface area contributed by atoms with Crippen LogP contribution >= 0.6 is 0 Å². The van der Waals surface area contributed by atoms with Gasteiger partial charge in [0, 0.05) is 24.5 Å². The zero-order valence-corrected chi connectivity index (χ0v) is 13.0. The molecule has 122 valence electrons. The second kappa shape index (κ2) is 7.34. The van der Waals surface area contributed by atoms with E-state index < -0.39 is 0 Å². The molecule has 2 atom stereocenters. The lowest BCUT2D eigenvalue weighted by Gasteiger charge is -2.31. The molecule has 1 aliphatic rings. The van der Waals surface area contributed by atoms with Gasteiger partial charge in [-0.2, -0.15) is 0 Å². The number of aromatic nitrogens is 3. The number of ether oxygens (including phenoxy) is 2. The monoisotopic (exact) mass is 316 g/mol. The van der Waals surface area contributed by atoms with E-state index >= 15 is 0 Å². The summed E-state index contributed by atoms with van der Waals surface area (Å²) in [5, 5.41) is 10.6. The van der Waals surface area contributed by atoms with Gasteiger partial charge in [-0.05, 0) is 31.5 Å². The number of rotatable bonds is 5. The Labute approximate surface area is 134 Å². The maximum atomic E-state index is 12.5. The van der Waals surface area contributed by atoms with Crippen molar-refractivity contribution in [1.82, 2.24) is 20.1 Å². The summed E-state index contributed by atoms with van der Waals surface area (Å²) in [4.78, 5) is 12.5. The maximum absolute atomic E-state index is 12.5. The van der Waals surface area contributed by atoms with Crippen LogP contribution in [0, 0.1) is 0 Å². The van der Waals surface area contributed by atoms with Gasteiger partial charge < -0.3 is 14.8 Å². The van der Waals surface area contributed by atoms with E-state index in [9.17, 15) is 4.79 Å². The predicted octanol–water partition coefficient (Wildman–Crippen LogP) is 1.19. The predicted molar refractivity (Wildman–Crippen MR) is 83.5 cm³/mol. The first-order valence-electron chi connectivity index (χ1n) is 7.73. The number of nitrogens with zero attached hydrogens (tertiary/aromatic N) is 3. The van der Waals surface area contributed by atoms with Gasteiger partial charge in [-0.25, -0.2) is 0 Å². The quantitative estimate of drug-likeness (QED) is 0.896. The van der Waals surface area contributed by atoms with Crippen molar-refractivity contribution < 1.29 is 14.3 Å². The van der Waals surface area contributed by atoms with Gasteiger partial charge in [-0.15, -0.1) is 10.2 Å². The number of amides is 1. The van der Waals surface area contributed by atoms with Crippen LogP contribution in [0.3, 0.4) is 0 Å². The SMILES string of the molecule is CCO[C@@H]1COCC[C@H]1NC(=O)c1cccc(-n2cnnc2)c1. The van der Waals surface area contributed by atoms with E-state index in [0.717, 1.165) is 12.1 Å². The molecule has 0 unspecified atom stereocenters. The number of nitrogens with one attached hydrogen (secondary N) is 1.